The second kappa shape index (κ2) is 5.18. The highest BCUT2D eigenvalue weighted by atomic mass is 32.2. The minimum absolute atomic E-state index is 0.258. The monoisotopic (exact) mass is 293 g/mol. The molecule has 3 saturated heterocycles. The Balaban J connectivity index is 1.75. The van der Waals surface area contributed by atoms with Gasteiger partial charge in [-0.3, -0.25) is 4.90 Å². The summed E-state index contributed by atoms with van der Waals surface area (Å²) in [6, 6.07) is 6.79. The van der Waals surface area contributed by atoms with Gasteiger partial charge in [0.05, 0.1) is 10.6 Å². The first-order chi connectivity index (χ1) is 9.54. The van der Waals surface area contributed by atoms with Crippen molar-refractivity contribution < 1.29 is 8.42 Å². The molecule has 3 heterocycles. The lowest BCUT2D eigenvalue weighted by Crippen LogP contribution is -2.48. The van der Waals surface area contributed by atoms with Crippen LogP contribution in [-0.4, -0.2) is 38.7 Å². The number of benzene rings is 1. The number of nitrogens with one attached hydrogen (secondary N) is 1. The van der Waals surface area contributed by atoms with E-state index in [1.165, 1.54) is 0 Å². The van der Waals surface area contributed by atoms with E-state index in [1.807, 2.05) is 6.92 Å². The molecular formula is C14H19N3O2S. The van der Waals surface area contributed by atoms with Crippen LogP contribution < -0.4 is 4.83 Å². The van der Waals surface area contributed by atoms with Gasteiger partial charge in [-0.05, 0) is 45.0 Å². The number of aryl methyl sites for hydroxylation is 1. The van der Waals surface area contributed by atoms with Gasteiger partial charge in [0, 0.05) is 12.5 Å². The SMILES string of the molecule is Cc1ccc(S(=O)(=O)NN=C2CN3CCC2CC3)cc1. The third-order valence-corrected chi connectivity index (χ3v) is 5.31. The van der Waals surface area contributed by atoms with Crippen LogP contribution in [0.3, 0.4) is 0 Å². The van der Waals surface area contributed by atoms with Gasteiger partial charge in [0.1, 0.15) is 0 Å². The smallest absolute Gasteiger partial charge is 0.276 e. The van der Waals surface area contributed by atoms with Crippen molar-refractivity contribution in [3.05, 3.63) is 29.8 Å². The van der Waals surface area contributed by atoms with E-state index in [0.29, 0.717) is 5.92 Å². The van der Waals surface area contributed by atoms with Crippen LogP contribution in [0.1, 0.15) is 18.4 Å². The van der Waals surface area contributed by atoms with Gasteiger partial charge in [0.25, 0.3) is 10.0 Å². The van der Waals surface area contributed by atoms with Crippen molar-refractivity contribution in [1.29, 1.82) is 0 Å². The Morgan fingerprint density at radius 3 is 2.40 bits per heavy atom. The van der Waals surface area contributed by atoms with Gasteiger partial charge in [-0.2, -0.15) is 13.5 Å². The van der Waals surface area contributed by atoms with E-state index < -0.39 is 10.0 Å². The fourth-order valence-corrected chi connectivity index (χ4v) is 3.64. The number of nitrogens with zero attached hydrogens (tertiary/aromatic N) is 2. The molecule has 1 aromatic rings. The van der Waals surface area contributed by atoms with Gasteiger partial charge < -0.3 is 0 Å². The second-order valence-electron chi connectivity index (χ2n) is 5.56. The summed E-state index contributed by atoms with van der Waals surface area (Å²) in [6.07, 6.45) is 2.18. The summed E-state index contributed by atoms with van der Waals surface area (Å²) in [6.45, 7) is 4.93. The molecular weight excluding hydrogens is 274 g/mol. The van der Waals surface area contributed by atoms with Crippen LogP contribution in [0.25, 0.3) is 0 Å². The van der Waals surface area contributed by atoms with Crippen LogP contribution in [0.2, 0.25) is 0 Å². The minimum atomic E-state index is -3.55. The summed E-state index contributed by atoms with van der Waals surface area (Å²) in [4.78, 5) is 4.96. The molecule has 3 aliphatic heterocycles. The van der Waals surface area contributed by atoms with Gasteiger partial charge in [0.2, 0.25) is 0 Å². The Bertz CT molecular complexity index is 614. The molecule has 2 bridgehead atoms. The molecule has 0 aromatic heterocycles. The van der Waals surface area contributed by atoms with Crippen molar-refractivity contribution in [3.63, 3.8) is 0 Å². The lowest BCUT2D eigenvalue weighted by Gasteiger charge is -2.39. The maximum Gasteiger partial charge on any atom is 0.276 e. The molecule has 1 N–H and O–H groups in total. The van der Waals surface area contributed by atoms with Crippen LogP contribution in [0.15, 0.2) is 34.3 Å². The van der Waals surface area contributed by atoms with Crippen LogP contribution in [0, 0.1) is 12.8 Å². The van der Waals surface area contributed by atoms with E-state index in [-0.39, 0.29) is 4.90 Å². The summed E-state index contributed by atoms with van der Waals surface area (Å²) in [5, 5.41) is 4.17. The van der Waals surface area contributed by atoms with Gasteiger partial charge in [-0.1, -0.05) is 17.7 Å². The quantitative estimate of drug-likeness (QED) is 0.856. The summed E-state index contributed by atoms with van der Waals surface area (Å²) in [5.74, 6) is 0.445. The van der Waals surface area contributed by atoms with Crippen molar-refractivity contribution >= 4 is 15.7 Å². The molecule has 3 aliphatic rings. The lowest BCUT2D eigenvalue weighted by molar-refractivity contribution is 0.200. The summed E-state index contributed by atoms with van der Waals surface area (Å²) in [5.41, 5.74) is 2.01. The third kappa shape index (κ3) is 2.71. The molecule has 0 atom stereocenters. The zero-order valence-corrected chi connectivity index (χ0v) is 12.4. The first-order valence-corrected chi connectivity index (χ1v) is 8.40. The Hall–Kier alpha value is -1.40. The highest BCUT2D eigenvalue weighted by Gasteiger charge is 2.31. The first-order valence-electron chi connectivity index (χ1n) is 6.92. The number of piperidine rings is 3. The van der Waals surface area contributed by atoms with Crippen molar-refractivity contribution in [1.82, 2.24) is 9.73 Å². The summed E-state index contributed by atoms with van der Waals surface area (Å²) >= 11 is 0. The number of hydrazone groups is 1. The molecule has 0 aliphatic carbocycles. The molecule has 1 aromatic carbocycles. The first kappa shape index (κ1) is 13.6. The largest absolute Gasteiger partial charge is 0.298 e. The number of rotatable bonds is 3. The molecule has 108 valence electrons. The normalized spacial score (nSPS) is 27.8. The fraction of sp³-hybridized carbons (Fsp3) is 0.500. The second-order valence-corrected chi connectivity index (χ2v) is 7.22. The highest BCUT2D eigenvalue weighted by molar-refractivity contribution is 7.89. The maximum atomic E-state index is 12.2. The fourth-order valence-electron chi connectivity index (χ4n) is 2.80. The molecule has 0 saturated carbocycles. The molecule has 5 nitrogen and oxygen atoms in total. The zero-order valence-electron chi connectivity index (χ0n) is 11.5. The average molecular weight is 293 g/mol. The molecule has 0 amide bonds. The van der Waals surface area contributed by atoms with E-state index in [4.69, 9.17) is 0 Å². The van der Waals surface area contributed by atoms with Crippen LogP contribution in [0.5, 0.6) is 0 Å². The van der Waals surface area contributed by atoms with E-state index in [1.54, 1.807) is 24.3 Å². The average Bonchev–Trinajstić information content (AvgIpc) is 2.47. The Kier molecular flexibility index (Phi) is 3.52. The van der Waals surface area contributed by atoms with Gasteiger partial charge in [0.15, 0.2) is 0 Å². The van der Waals surface area contributed by atoms with Crippen LogP contribution in [0.4, 0.5) is 0 Å². The molecule has 3 fully saturated rings. The minimum Gasteiger partial charge on any atom is -0.298 e. The zero-order chi connectivity index (χ0) is 14.2. The topological polar surface area (TPSA) is 61.8 Å². The summed E-state index contributed by atoms with van der Waals surface area (Å²) < 4.78 is 24.3. The lowest BCUT2D eigenvalue weighted by atomic mass is 9.87. The van der Waals surface area contributed by atoms with Gasteiger partial charge in [-0.25, -0.2) is 4.83 Å². The van der Waals surface area contributed by atoms with E-state index in [9.17, 15) is 8.42 Å². The molecule has 20 heavy (non-hydrogen) atoms. The van der Waals surface area contributed by atoms with Crippen molar-refractivity contribution in [2.24, 2.45) is 11.0 Å². The van der Waals surface area contributed by atoms with E-state index >= 15 is 0 Å². The van der Waals surface area contributed by atoms with Crippen LogP contribution >= 0.6 is 0 Å². The molecule has 6 heteroatoms. The number of hydrogen-bond donors (Lipinski definition) is 1. The number of sulfonamides is 1. The third-order valence-electron chi connectivity index (χ3n) is 4.09. The Morgan fingerprint density at radius 2 is 1.85 bits per heavy atom. The molecule has 4 rings (SSSR count). The number of hydrogen-bond acceptors (Lipinski definition) is 4. The standard InChI is InChI=1S/C14H19N3O2S/c1-11-2-4-13(5-3-11)20(18,19)16-15-14-10-17-8-6-12(14)7-9-17/h2-5,12,16H,6-10H2,1H3. The number of fused-ring (bicyclic) bond motifs is 3. The van der Waals surface area contributed by atoms with Crippen molar-refractivity contribution in [2.75, 3.05) is 19.6 Å². The molecule has 0 unspecified atom stereocenters. The van der Waals surface area contributed by atoms with E-state index in [2.05, 4.69) is 14.8 Å². The predicted molar refractivity (Wildman–Crippen MR) is 78.1 cm³/mol. The maximum absolute atomic E-state index is 12.2. The highest BCUT2D eigenvalue weighted by Crippen LogP contribution is 2.25. The Morgan fingerprint density at radius 1 is 1.20 bits per heavy atom. The predicted octanol–water partition coefficient (Wildman–Crippen LogP) is 1.35. The molecule has 0 spiro atoms. The summed E-state index contributed by atoms with van der Waals surface area (Å²) in [7, 11) is -3.55. The van der Waals surface area contributed by atoms with Crippen molar-refractivity contribution in [3.8, 4) is 0 Å². The van der Waals surface area contributed by atoms with Crippen molar-refractivity contribution in [2.45, 2.75) is 24.7 Å². The molecule has 0 radical (unpaired) electrons. The van der Waals surface area contributed by atoms with Gasteiger partial charge >= 0.3 is 0 Å². The van der Waals surface area contributed by atoms with Crippen LogP contribution in [-0.2, 0) is 10.0 Å². The van der Waals surface area contributed by atoms with E-state index in [0.717, 1.165) is 43.8 Å². The Labute approximate surface area is 119 Å². The van der Waals surface area contributed by atoms with Gasteiger partial charge in [-0.15, -0.1) is 0 Å².